The number of carbonyl (C=O) groups is 2. The van der Waals surface area contributed by atoms with Crippen molar-refractivity contribution in [3.63, 3.8) is 0 Å². The highest BCUT2D eigenvalue weighted by molar-refractivity contribution is 7.15. The second-order valence-electron chi connectivity index (χ2n) is 5.46. The van der Waals surface area contributed by atoms with Gasteiger partial charge in [-0.1, -0.05) is 43.2 Å². The molecule has 2 atom stereocenters. The Bertz CT molecular complexity index is 717. The first-order chi connectivity index (χ1) is 11.4. The Morgan fingerprint density at radius 3 is 2.46 bits per heavy atom. The summed E-state index contributed by atoms with van der Waals surface area (Å²) in [6, 6.07) is 5.86. The van der Waals surface area contributed by atoms with Crippen molar-refractivity contribution >= 4 is 39.9 Å². The standard InChI is InChI=1S/C16H19ClN4O2S/c1-4-9(2)13(15(23)19-16-21-20-10(3)24-16)18-14(22)11-5-7-12(17)8-6-11/h5-9,13H,4H2,1-3H3,(H,18,22)(H,19,21,23). The molecule has 0 saturated heterocycles. The smallest absolute Gasteiger partial charge is 0.251 e. The summed E-state index contributed by atoms with van der Waals surface area (Å²) in [5, 5.41) is 15.0. The zero-order valence-corrected chi connectivity index (χ0v) is 15.2. The number of benzene rings is 1. The van der Waals surface area contributed by atoms with Crippen molar-refractivity contribution in [1.29, 1.82) is 0 Å². The van der Waals surface area contributed by atoms with Gasteiger partial charge >= 0.3 is 0 Å². The summed E-state index contributed by atoms with van der Waals surface area (Å²) in [6.07, 6.45) is 0.744. The van der Waals surface area contributed by atoms with Gasteiger partial charge < -0.3 is 5.32 Å². The molecule has 0 saturated carbocycles. The third-order valence-corrected chi connectivity index (χ3v) is 4.65. The Balaban J connectivity index is 2.11. The Hall–Kier alpha value is -1.99. The first-order valence-electron chi connectivity index (χ1n) is 7.58. The molecule has 0 aliphatic heterocycles. The fourth-order valence-corrected chi connectivity index (χ4v) is 2.78. The van der Waals surface area contributed by atoms with Crippen molar-refractivity contribution < 1.29 is 9.59 Å². The number of nitrogens with one attached hydrogen (secondary N) is 2. The van der Waals surface area contributed by atoms with E-state index in [-0.39, 0.29) is 17.7 Å². The summed E-state index contributed by atoms with van der Waals surface area (Å²) < 4.78 is 0. The second-order valence-corrected chi connectivity index (χ2v) is 7.08. The van der Waals surface area contributed by atoms with Crippen LogP contribution in [0.2, 0.25) is 5.02 Å². The molecular formula is C16H19ClN4O2S. The van der Waals surface area contributed by atoms with E-state index in [0.717, 1.165) is 11.4 Å². The average molecular weight is 367 g/mol. The normalized spacial score (nSPS) is 13.2. The van der Waals surface area contributed by atoms with Crippen molar-refractivity contribution in [1.82, 2.24) is 15.5 Å². The Morgan fingerprint density at radius 1 is 1.25 bits per heavy atom. The molecule has 0 radical (unpaired) electrons. The molecule has 0 aliphatic rings. The minimum Gasteiger partial charge on any atom is -0.340 e. The summed E-state index contributed by atoms with van der Waals surface area (Å²) in [5.41, 5.74) is 0.451. The summed E-state index contributed by atoms with van der Waals surface area (Å²) in [6.45, 7) is 5.69. The van der Waals surface area contributed by atoms with E-state index in [0.29, 0.717) is 15.7 Å². The van der Waals surface area contributed by atoms with Gasteiger partial charge in [0.15, 0.2) is 0 Å². The van der Waals surface area contributed by atoms with Gasteiger partial charge in [0.05, 0.1) is 0 Å². The van der Waals surface area contributed by atoms with Gasteiger partial charge in [-0.05, 0) is 37.1 Å². The number of aryl methyl sites for hydroxylation is 1. The molecule has 2 aromatic rings. The van der Waals surface area contributed by atoms with Gasteiger partial charge in [-0.15, -0.1) is 10.2 Å². The predicted molar refractivity (Wildman–Crippen MR) is 95.4 cm³/mol. The number of anilines is 1. The topological polar surface area (TPSA) is 84.0 Å². The monoisotopic (exact) mass is 366 g/mol. The van der Waals surface area contributed by atoms with Crippen molar-refractivity contribution in [3.8, 4) is 0 Å². The SMILES string of the molecule is CCC(C)C(NC(=O)c1ccc(Cl)cc1)C(=O)Nc1nnc(C)s1. The van der Waals surface area contributed by atoms with Gasteiger partial charge in [-0.25, -0.2) is 0 Å². The van der Waals surface area contributed by atoms with E-state index in [9.17, 15) is 9.59 Å². The molecule has 0 fully saturated rings. The third kappa shape index (κ3) is 4.75. The molecule has 1 aromatic heterocycles. The van der Waals surface area contributed by atoms with Gasteiger partial charge in [-0.2, -0.15) is 0 Å². The zero-order valence-electron chi connectivity index (χ0n) is 13.7. The summed E-state index contributed by atoms with van der Waals surface area (Å²) in [5.74, 6) is -0.654. The van der Waals surface area contributed by atoms with Crippen molar-refractivity contribution in [3.05, 3.63) is 39.9 Å². The van der Waals surface area contributed by atoms with Gasteiger partial charge in [0.25, 0.3) is 5.91 Å². The predicted octanol–water partition coefficient (Wildman–Crippen LogP) is 3.28. The van der Waals surface area contributed by atoms with E-state index in [1.165, 1.54) is 11.3 Å². The van der Waals surface area contributed by atoms with Crippen molar-refractivity contribution in [2.24, 2.45) is 5.92 Å². The third-order valence-electron chi connectivity index (χ3n) is 3.64. The molecule has 1 aromatic carbocycles. The number of amides is 2. The van der Waals surface area contributed by atoms with Gasteiger partial charge in [-0.3, -0.25) is 14.9 Å². The van der Waals surface area contributed by atoms with Crippen LogP contribution < -0.4 is 10.6 Å². The lowest BCUT2D eigenvalue weighted by atomic mass is 9.98. The Kier molecular flexibility index (Phi) is 6.28. The van der Waals surface area contributed by atoms with Crippen molar-refractivity contribution in [2.45, 2.75) is 33.2 Å². The largest absolute Gasteiger partial charge is 0.340 e. The molecule has 6 nitrogen and oxygen atoms in total. The number of hydrogen-bond acceptors (Lipinski definition) is 5. The van der Waals surface area contributed by atoms with Crippen LogP contribution in [0, 0.1) is 12.8 Å². The van der Waals surface area contributed by atoms with E-state index in [2.05, 4.69) is 20.8 Å². The Labute approximate surface area is 149 Å². The lowest BCUT2D eigenvalue weighted by Crippen LogP contribution is -2.47. The molecule has 24 heavy (non-hydrogen) atoms. The van der Waals surface area contributed by atoms with Gasteiger partial charge in [0, 0.05) is 10.6 Å². The highest BCUT2D eigenvalue weighted by atomic mass is 35.5. The van der Waals surface area contributed by atoms with E-state index < -0.39 is 6.04 Å². The van der Waals surface area contributed by atoms with Gasteiger partial charge in [0.2, 0.25) is 11.0 Å². The number of hydrogen-bond donors (Lipinski definition) is 2. The quantitative estimate of drug-likeness (QED) is 0.821. The molecule has 2 N–H and O–H groups in total. The van der Waals surface area contributed by atoms with Crippen LogP contribution in [0.5, 0.6) is 0 Å². The summed E-state index contributed by atoms with van der Waals surface area (Å²) in [4.78, 5) is 24.9. The van der Waals surface area contributed by atoms with Crippen LogP contribution in [0.4, 0.5) is 5.13 Å². The van der Waals surface area contributed by atoms with Crippen LogP contribution in [-0.4, -0.2) is 28.1 Å². The summed E-state index contributed by atoms with van der Waals surface area (Å²) >= 11 is 7.12. The molecule has 8 heteroatoms. The average Bonchev–Trinajstić information content (AvgIpc) is 2.97. The molecule has 0 aliphatic carbocycles. The van der Waals surface area contributed by atoms with Gasteiger partial charge in [0.1, 0.15) is 11.0 Å². The number of nitrogens with zero attached hydrogens (tertiary/aromatic N) is 2. The zero-order chi connectivity index (χ0) is 17.7. The van der Waals surface area contributed by atoms with Crippen LogP contribution in [0.15, 0.2) is 24.3 Å². The van der Waals surface area contributed by atoms with Crippen LogP contribution in [0.3, 0.4) is 0 Å². The minimum atomic E-state index is -0.664. The molecule has 0 bridgehead atoms. The fraction of sp³-hybridized carbons (Fsp3) is 0.375. The van der Waals surface area contributed by atoms with E-state index in [1.54, 1.807) is 24.3 Å². The van der Waals surface area contributed by atoms with E-state index in [4.69, 9.17) is 11.6 Å². The fourth-order valence-electron chi connectivity index (χ4n) is 2.06. The highest BCUT2D eigenvalue weighted by Crippen LogP contribution is 2.17. The maximum Gasteiger partial charge on any atom is 0.251 e. The van der Waals surface area contributed by atoms with E-state index in [1.807, 2.05) is 20.8 Å². The maximum absolute atomic E-state index is 12.5. The lowest BCUT2D eigenvalue weighted by molar-refractivity contribution is -0.119. The number of carbonyl (C=O) groups excluding carboxylic acids is 2. The van der Waals surface area contributed by atoms with Crippen LogP contribution in [0.1, 0.15) is 35.6 Å². The number of halogens is 1. The number of rotatable bonds is 6. The van der Waals surface area contributed by atoms with Crippen molar-refractivity contribution in [2.75, 3.05) is 5.32 Å². The molecule has 2 rings (SSSR count). The minimum absolute atomic E-state index is 0.0322. The number of aromatic nitrogens is 2. The first kappa shape index (κ1) is 18.4. The van der Waals surface area contributed by atoms with E-state index >= 15 is 0 Å². The Morgan fingerprint density at radius 2 is 1.92 bits per heavy atom. The molecular weight excluding hydrogens is 348 g/mol. The maximum atomic E-state index is 12.5. The van der Waals surface area contributed by atoms with Crippen LogP contribution in [-0.2, 0) is 4.79 Å². The lowest BCUT2D eigenvalue weighted by Gasteiger charge is -2.23. The molecule has 1 heterocycles. The summed E-state index contributed by atoms with van der Waals surface area (Å²) in [7, 11) is 0. The molecule has 0 spiro atoms. The molecule has 2 amide bonds. The molecule has 2 unspecified atom stereocenters. The first-order valence-corrected chi connectivity index (χ1v) is 8.77. The van der Waals surface area contributed by atoms with Crippen LogP contribution in [0.25, 0.3) is 0 Å². The second kappa shape index (κ2) is 8.21. The highest BCUT2D eigenvalue weighted by Gasteiger charge is 2.27. The van der Waals surface area contributed by atoms with Crippen LogP contribution >= 0.6 is 22.9 Å². The molecule has 128 valence electrons.